The summed E-state index contributed by atoms with van der Waals surface area (Å²) in [6.45, 7) is 10.8. The Morgan fingerprint density at radius 3 is 2.25 bits per heavy atom. The minimum absolute atomic E-state index is 0.453. The third-order valence-corrected chi connectivity index (χ3v) is 5.66. The average Bonchev–Trinajstić information content (AvgIpc) is 2.71. The highest BCUT2D eigenvalue weighted by atomic mass is 16.2. The number of hydrogen-bond acceptors (Lipinski definition) is 3. The van der Waals surface area contributed by atoms with E-state index in [0.717, 1.165) is 36.3 Å². The largest absolute Gasteiger partial charge is 0.368 e. The van der Waals surface area contributed by atoms with Crippen LogP contribution in [0, 0.1) is 20.8 Å². The lowest BCUT2D eigenvalue weighted by Crippen LogP contribution is -2.51. The van der Waals surface area contributed by atoms with Gasteiger partial charge in [0.25, 0.3) is 0 Å². The molecular formula is C23H29N3O2. The Labute approximate surface area is 167 Å². The van der Waals surface area contributed by atoms with Gasteiger partial charge in [0.1, 0.15) is 0 Å². The minimum Gasteiger partial charge on any atom is -0.368 e. The van der Waals surface area contributed by atoms with E-state index < -0.39 is 11.8 Å². The molecule has 0 spiro atoms. The zero-order valence-corrected chi connectivity index (χ0v) is 17.2. The number of amides is 2. The highest BCUT2D eigenvalue weighted by molar-refractivity contribution is 6.39. The average molecular weight is 380 g/mol. The summed E-state index contributed by atoms with van der Waals surface area (Å²) in [5, 5.41) is 2.84. The van der Waals surface area contributed by atoms with Crippen LogP contribution in [0.25, 0.3) is 0 Å². The summed E-state index contributed by atoms with van der Waals surface area (Å²) < 4.78 is 0. The van der Waals surface area contributed by atoms with Gasteiger partial charge < -0.3 is 15.1 Å². The number of piperazine rings is 1. The minimum atomic E-state index is -0.552. The van der Waals surface area contributed by atoms with Crippen molar-refractivity contribution in [3.05, 3.63) is 58.7 Å². The number of nitrogens with one attached hydrogen (secondary N) is 1. The highest BCUT2D eigenvalue weighted by Gasteiger charge is 2.27. The van der Waals surface area contributed by atoms with Gasteiger partial charge in [-0.05, 0) is 55.5 Å². The summed E-state index contributed by atoms with van der Waals surface area (Å²) in [5.74, 6) is -1.00. The zero-order chi connectivity index (χ0) is 20.3. The van der Waals surface area contributed by atoms with Crippen LogP contribution in [0.5, 0.6) is 0 Å². The van der Waals surface area contributed by atoms with Gasteiger partial charge in [0.2, 0.25) is 0 Å². The zero-order valence-electron chi connectivity index (χ0n) is 17.2. The van der Waals surface area contributed by atoms with Crippen LogP contribution in [0.15, 0.2) is 36.4 Å². The van der Waals surface area contributed by atoms with E-state index in [4.69, 9.17) is 0 Å². The summed E-state index contributed by atoms with van der Waals surface area (Å²) in [5.41, 5.74) is 6.52. The normalized spacial score (nSPS) is 14.1. The van der Waals surface area contributed by atoms with E-state index in [2.05, 4.69) is 42.3 Å². The molecule has 0 aromatic heterocycles. The predicted molar refractivity (Wildman–Crippen MR) is 114 cm³/mol. The van der Waals surface area contributed by atoms with Crippen LogP contribution in [-0.2, 0) is 16.0 Å². The second-order valence-electron chi connectivity index (χ2n) is 7.41. The number of carbonyl (C=O) groups excluding carboxylic acids is 2. The molecule has 1 saturated heterocycles. The van der Waals surface area contributed by atoms with Crippen molar-refractivity contribution in [3.8, 4) is 0 Å². The van der Waals surface area contributed by atoms with Crippen LogP contribution in [0.3, 0.4) is 0 Å². The van der Waals surface area contributed by atoms with E-state index in [1.54, 1.807) is 4.90 Å². The molecule has 0 atom stereocenters. The molecule has 1 N–H and O–H groups in total. The van der Waals surface area contributed by atoms with Gasteiger partial charge in [0.15, 0.2) is 0 Å². The Bertz CT molecular complexity index is 883. The van der Waals surface area contributed by atoms with Crippen LogP contribution in [0.2, 0.25) is 0 Å². The van der Waals surface area contributed by atoms with E-state index in [1.807, 2.05) is 32.0 Å². The maximum Gasteiger partial charge on any atom is 0.313 e. The molecule has 2 amide bonds. The van der Waals surface area contributed by atoms with Gasteiger partial charge in [-0.1, -0.05) is 37.3 Å². The van der Waals surface area contributed by atoms with Crippen molar-refractivity contribution in [2.45, 2.75) is 34.1 Å². The molecule has 2 aromatic carbocycles. The van der Waals surface area contributed by atoms with Crippen LogP contribution < -0.4 is 10.2 Å². The fraction of sp³-hybridized carbons (Fsp3) is 0.391. The molecule has 28 heavy (non-hydrogen) atoms. The van der Waals surface area contributed by atoms with E-state index >= 15 is 0 Å². The Morgan fingerprint density at radius 1 is 0.929 bits per heavy atom. The lowest BCUT2D eigenvalue weighted by atomic mass is 10.1. The van der Waals surface area contributed by atoms with E-state index in [9.17, 15) is 9.59 Å². The number of nitrogens with zero attached hydrogens (tertiary/aromatic N) is 2. The standard InChI is InChI=1S/C23H29N3O2/c1-5-19-10-6-9-17(3)21(19)24-22(27)23(28)26-14-12-25(13-15-26)20-11-7-8-16(2)18(20)4/h6-11H,5,12-15H2,1-4H3,(H,24,27). The summed E-state index contributed by atoms with van der Waals surface area (Å²) in [6, 6.07) is 12.2. The van der Waals surface area contributed by atoms with Crippen molar-refractivity contribution in [2.75, 3.05) is 36.4 Å². The predicted octanol–water partition coefficient (Wildman–Crippen LogP) is 3.46. The van der Waals surface area contributed by atoms with Crippen LogP contribution in [-0.4, -0.2) is 42.9 Å². The first-order valence-corrected chi connectivity index (χ1v) is 9.92. The van der Waals surface area contributed by atoms with Crippen LogP contribution >= 0.6 is 0 Å². The number of carbonyl (C=O) groups is 2. The summed E-state index contributed by atoms with van der Waals surface area (Å²) in [6.07, 6.45) is 0.806. The van der Waals surface area contributed by atoms with Crippen LogP contribution in [0.4, 0.5) is 11.4 Å². The third kappa shape index (κ3) is 4.03. The molecule has 5 nitrogen and oxygen atoms in total. The molecule has 1 heterocycles. The summed E-state index contributed by atoms with van der Waals surface area (Å²) in [4.78, 5) is 29.2. The fourth-order valence-corrected chi connectivity index (χ4v) is 3.74. The first-order chi connectivity index (χ1) is 13.4. The molecule has 0 aliphatic carbocycles. The quantitative estimate of drug-likeness (QED) is 0.831. The Kier molecular flexibility index (Phi) is 6.02. The number of anilines is 2. The van der Waals surface area contributed by atoms with Gasteiger partial charge in [-0.25, -0.2) is 0 Å². The summed E-state index contributed by atoms with van der Waals surface area (Å²) >= 11 is 0. The first-order valence-electron chi connectivity index (χ1n) is 9.92. The van der Waals surface area contributed by atoms with Gasteiger partial charge >= 0.3 is 11.8 Å². The molecule has 1 aliphatic heterocycles. The molecule has 0 unspecified atom stereocenters. The van der Waals surface area contributed by atoms with Crippen molar-refractivity contribution >= 4 is 23.2 Å². The molecule has 1 aliphatic rings. The molecule has 2 aromatic rings. The number of benzene rings is 2. The van der Waals surface area contributed by atoms with E-state index in [-0.39, 0.29) is 0 Å². The van der Waals surface area contributed by atoms with Gasteiger partial charge in [-0.3, -0.25) is 9.59 Å². The molecule has 3 rings (SSSR count). The number of hydrogen-bond donors (Lipinski definition) is 1. The third-order valence-electron chi connectivity index (χ3n) is 5.66. The molecule has 5 heteroatoms. The Hall–Kier alpha value is -2.82. The van der Waals surface area contributed by atoms with Gasteiger partial charge in [0.05, 0.1) is 0 Å². The maximum absolute atomic E-state index is 12.7. The lowest BCUT2D eigenvalue weighted by Gasteiger charge is -2.36. The number of para-hydroxylation sites is 1. The topological polar surface area (TPSA) is 52.7 Å². The lowest BCUT2D eigenvalue weighted by molar-refractivity contribution is -0.143. The summed E-state index contributed by atoms with van der Waals surface area (Å²) in [7, 11) is 0. The van der Waals surface area contributed by atoms with Crippen molar-refractivity contribution in [3.63, 3.8) is 0 Å². The fourth-order valence-electron chi connectivity index (χ4n) is 3.74. The molecule has 0 radical (unpaired) electrons. The molecule has 0 saturated carbocycles. The van der Waals surface area contributed by atoms with Crippen molar-refractivity contribution < 1.29 is 9.59 Å². The maximum atomic E-state index is 12.7. The van der Waals surface area contributed by atoms with Gasteiger partial charge in [0, 0.05) is 37.6 Å². The number of aryl methyl sites for hydroxylation is 3. The monoisotopic (exact) mass is 379 g/mol. The second-order valence-corrected chi connectivity index (χ2v) is 7.41. The number of rotatable bonds is 3. The SMILES string of the molecule is CCc1cccc(C)c1NC(=O)C(=O)N1CCN(c2cccc(C)c2C)CC1. The second kappa shape index (κ2) is 8.46. The van der Waals surface area contributed by atoms with Crippen LogP contribution in [0.1, 0.15) is 29.2 Å². The molecule has 0 bridgehead atoms. The first kappa shape index (κ1) is 19.9. The van der Waals surface area contributed by atoms with Crippen molar-refractivity contribution in [1.82, 2.24) is 4.90 Å². The smallest absolute Gasteiger partial charge is 0.313 e. The highest BCUT2D eigenvalue weighted by Crippen LogP contribution is 2.24. The Balaban J connectivity index is 1.64. The van der Waals surface area contributed by atoms with E-state index in [1.165, 1.54) is 16.8 Å². The van der Waals surface area contributed by atoms with E-state index in [0.29, 0.717) is 13.1 Å². The van der Waals surface area contributed by atoms with Gasteiger partial charge in [-0.15, -0.1) is 0 Å². The molecule has 1 fully saturated rings. The van der Waals surface area contributed by atoms with Gasteiger partial charge in [-0.2, -0.15) is 0 Å². The van der Waals surface area contributed by atoms with Crippen molar-refractivity contribution in [1.29, 1.82) is 0 Å². The molecular weight excluding hydrogens is 350 g/mol. The Morgan fingerprint density at radius 2 is 1.57 bits per heavy atom. The molecule has 148 valence electrons. The van der Waals surface area contributed by atoms with Crippen molar-refractivity contribution in [2.24, 2.45) is 0 Å².